The molecule has 138 valence electrons. The monoisotopic (exact) mass is 350 g/mol. The summed E-state index contributed by atoms with van der Waals surface area (Å²) in [7, 11) is 0. The van der Waals surface area contributed by atoms with Gasteiger partial charge in [-0.15, -0.1) is 0 Å². The Morgan fingerprint density at radius 2 is 1.31 bits per heavy atom. The van der Waals surface area contributed by atoms with E-state index in [0.717, 1.165) is 17.5 Å². The molecule has 0 unspecified atom stereocenters. The van der Waals surface area contributed by atoms with Crippen LogP contribution in [-0.4, -0.2) is 11.6 Å². The van der Waals surface area contributed by atoms with Crippen LogP contribution in [0, 0.1) is 0 Å². The molecule has 0 spiro atoms. The fraction of sp³-hybridized carbons (Fsp3) is 0.417. The molecule has 26 heavy (non-hydrogen) atoms. The maximum atomic E-state index is 12.1. The highest BCUT2D eigenvalue weighted by Gasteiger charge is 2.10. The smallest absolute Gasteiger partial charge is 0.170 e. The number of benzene rings is 2. The van der Waals surface area contributed by atoms with Gasteiger partial charge in [0, 0.05) is 12.0 Å². The van der Waals surface area contributed by atoms with Crippen LogP contribution in [0.25, 0.3) is 11.1 Å². The van der Waals surface area contributed by atoms with E-state index in [1.165, 1.54) is 37.7 Å². The molecule has 0 aliphatic heterocycles. The van der Waals surface area contributed by atoms with E-state index in [4.69, 9.17) is 0 Å². The number of hydrogen-bond acceptors (Lipinski definition) is 2. The highest BCUT2D eigenvalue weighted by molar-refractivity contribution is 6.08. The van der Waals surface area contributed by atoms with Crippen molar-refractivity contribution in [1.29, 1.82) is 0 Å². The van der Waals surface area contributed by atoms with Crippen molar-refractivity contribution in [1.82, 2.24) is 0 Å². The van der Waals surface area contributed by atoms with Gasteiger partial charge >= 0.3 is 0 Å². The Bertz CT molecular complexity index is 696. The van der Waals surface area contributed by atoms with Crippen molar-refractivity contribution in [2.24, 2.45) is 0 Å². The van der Waals surface area contributed by atoms with Gasteiger partial charge in [-0.3, -0.25) is 9.59 Å². The molecule has 0 aliphatic rings. The van der Waals surface area contributed by atoms with E-state index in [1.54, 1.807) is 6.92 Å². The Hall–Kier alpha value is -2.22. The van der Waals surface area contributed by atoms with Crippen molar-refractivity contribution in [2.45, 2.75) is 65.2 Å². The molecule has 0 radical (unpaired) electrons. The third-order valence-electron chi connectivity index (χ3n) is 4.82. The molecule has 0 heterocycles. The van der Waals surface area contributed by atoms with Gasteiger partial charge in [0.2, 0.25) is 0 Å². The summed E-state index contributed by atoms with van der Waals surface area (Å²) >= 11 is 0. The first-order valence-electron chi connectivity index (χ1n) is 9.88. The van der Waals surface area contributed by atoms with Crippen LogP contribution in [0.2, 0.25) is 0 Å². The lowest BCUT2D eigenvalue weighted by Gasteiger charge is -2.06. The molecule has 2 aromatic rings. The van der Waals surface area contributed by atoms with E-state index in [2.05, 4.69) is 31.2 Å². The van der Waals surface area contributed by atoms with Crippen LogP contribution in [0.4, 0.5) is 0 Å². The van der Waals surface area contributed by atoms with Gasteiger partial charge in [0.05, 0.1) is 6.42 Å². The number of ketones is 2. The summed E-state index contributed by atoms with van der Waals surface area (Å²) in [5.41, 5.74) is 4.25. The molecular formula is C24H30O2. The predicted molar refractivity (Wildman–Crippen MR) is 109 cm³/mol. The average Bonchev–Trinajstić information content (AvgIpc) is 2.68. The lowest BCUT2D eigenvalue weighted by Crippen LogP contribution is -2.06. The van der Waals surface area contributed by atoms with Gasteiger partial charge in [-0.2, -0.15) is 0 Å². The fourth-order valence-corrected chi connectivity index (χ4v) is 3.05. The second-order valence-electron chi connectivity index (χ2n) is 6.93. The molecule has 0 saturated heterocycles. The second kappa shape index (κ2) is 10.7. The molecule has 2 heteroatoms. The Morgan fingerprint density at radius 1 is 0.731 bits per heavy atom. The van der Waals surface area contributed by atoms with Crippen molar-refractivity contribution in [2.75, 3.05) is 0 Å². The highest BCUT2D eigenvalue weighted by atomic mass is 16.1. The molecule has 0 N–H and O–H groups in total. The predicted octanol–water partition coefficient (Wildman–Crippen LogP) is 6.42. The maximum Gasteiger partial charge on any atom is 0.170 e. The van der Waals surface area contributed by atoms with Crippen LogP contribution >= 0.6 is 0 Å². The number of carbonyl (C=O) groups excluding carboxylic acids is 2. The fourth-order valence-electron chi connectivity index (χ4n) is 3.05. The first kappa shape index (κ1) is 20.1. The summed E-state index contributed by atoms with van der Waals surface area (Å²) in [6, 6.07) is 16.3. The zero-order valence-electron chi connectivity index (χ0n) is 16.1. The molecule has 0 saturated carbocycles. The van der Waals surface area contributed by atoms with E-state index in [1.807, 2.05) is 24.3 Å². The van der Waals surface area contributed by atoms with Crippen molar-refractivity contribution >= 4 is 11.6 Å². The quantitative estimate of drug-likeness (QED) is 0.266. The standard InChI is InChI=1S/C24H30O2/c1-3-5-6-7-8-9-19-10-12-20(13-11-19)21-14-16-22(17-15-21)24(26)18-23(25)4-2/h10-17H,3-9,18H2,1-2H3. The van der Waals surface area contributed by atoms with Gasteiger partial charge in [-0.05, 0) is 29.5 Å². The van der Waals surface area contributed by atoms with E-state index in [0.29, 0.717) is 12.0 Å². The van der Waals surface area contributed by atoms with Crippen molar-refractivity contribution in [3.63, 3.8) is 0 Å². The number of Topliss-reactive ketones (excluding diaryl/α,β-unsaturated/α-hetero) is 2. The lowest BCUT2D eigenvalue weighted by atomic mass is 9.98. The average molecular weight is 351 g/mol. The van der Waals surface area contributed by atoms with E-state index in [9.17, 15) is 9.59 Å². The van der Waals surface area contributed by atoms with E-state index in [-0.39, 0.29) is 18.0 Å². The molecule has 0 bridgehead atoms. The SMILES string of the molecule is CCCCCCCc1ccc(-c2ccc(C(=O)CC(=O)CC)cc2)cc1. The molecule has 0 aliphatic carbocycles. The minimum absolute atomic E-state index is 0.00278. The highest BCUT2D eigenvalue weighted by Crippen LogP contribution is 2.21. The molecule has 0 aromatic heterocycles. The van der Waals surface area contributed by atoms with Gasteiger partial charge in [-0.1, -0.05) is 88.1 Å². The van der Waals surface area contributed by atoms with Crippen molar-refractivity contribution in [3.05, 3.63) is 59.7 Å². The summed E-state index contributed by atoms with van der Waals surface area (Å²) in [4.78, 5) is 23.5. The zero-order valence-corrected chi connectivity index (χ0v) is 16.1. The summed E-state index contributed by atoms with van der Waals surface area (Å²) in [5.74, 6) is -0.105. The first-order chi connectivity index (χ1) is 12.6. The lowest BCUT2D eigenvalue weighted by molar-refractivity contribution is -0.117. The normalized spacial score (nSPS) is 10.7. The Balaban J connectivity index is 1.92. The third-order valence-corrected chi connectivity index (χ3v) is 4.82. The Morgan fingerprint density at radius 3 is 1.88 bits per heavy atom. The van der Waals surface area contributed by atoms with Gasteiger partial charge in [0.25, 0.3) is 0 Å². The molecule has 0 amide bonds. The molecular weight excluding hydrogens is 320 g/mol. The van der Waals surface area contributed by atoms with Crippen LogP contribution in [-0.2, 0) is 11.2 Å². The van der Waals surface area contributed by atoms with E-state index < -0.39 is 0 Å². The minimum Gasteiger partial charge on any atom is -0.299 e. The van der Waals surface area contributed by atoms with Crippen LogP contribution < -0.4 is 0 Å². The summed E-state index contributed by atoms with van der Waals surface area (Å²) in [5, 5.41) is 0. The van der Waals surface area contributed by atoms with Gasteiger partial charge in [0.15, 0.2) is 5.78 Å². The Kier molecular flexibility index (Phi) is 8.27. The minimum atomic E-state index is -0.0955. The van der Waals surface area contributed by atoms with Crippen molar-refractivity contribution in [3.8, 4) is 11.1 Å². The van der Waals surface area contributed by atoms with Crippen LogP contribution in [0.15, 0.2) is 48.5 Å². The first-order valence-corrected chi connectivity index (χ1v) is 9.88. The molecule has 0 atom stereocenters. The Labute approximate surface area is 157 Å². The summed E-state index contributed by atoms with van der Waals surface area (Å²) in [6.45, 7) is 4.03. The van der Waals surface area contributed by atoms with Gasteiger partial charge in [0.1, 0.15) is 5.78 Å². The summed E-state index contributed by atoms with van der Waals surface area (Å²) in [6.07, 6.45) is 8.08. The zero-order chi connectivity index (χ0) is 18.8. The molecule has 2 nitrogen and oxygen atoms in total. The van der Waals surface area contributed by atoms with Crippen LogP contribution in [0.1, 0.15) is 74.7 Å². The second-order valence-corrected chi connectivity index (χ2v) is 6.93. The van der Waals surface area contributed by atoms with Gasteiger partial charge in [-0.25, -0.2) is 0 Å². The molecule has 2 aromatic carbocycles. The number of carbonyl (C=O) groups is 2. The number of hydrogen-bond donors (Lipinski definition) is 0. The number of rotatable bonds is 11. The maximum absolute atomic E-state index is 12.1. The van der Waals surface area contributed by atoms with E-state index >= 15 is 0 Å². The third kappa shape index (κ3) is 6.25. The molecule has 0 fully saturated rings. The molecule has 2 rings (SSSR count). The van der Waals surface area contributed by atoms with Crippen molar-refractivity contribution < 1.29 is 9.59 Å². The summed E-state index contributed by atoms with van der Waals surface area (Å²) < 4.78 is 0. The van der Waals surface area contributed by atoms with Crippen LogP contribution in [0.5, 0.6) is 0 Å². The number of aryl methyl sites for hydroxylation is 1. The topological polar surface area (TPSA) is 34.1 Å². The van der Waals surface area contributed by atoms with Crippen LogP contribution in [0.3, 0.4) is 0 Å². The number of unbranched alkanes of at least 4 members (excludes halogenated alkanes) is 4. The largest absolute Gasteiger partial charge is 0.299 e. The van der Waals surface area contributed by atoms with Gasteiger partial charge < -0.3 is 0 Å².